The van der Waals surface area contributed by atoms with E-state index in [0.29, 0.717) is 31.4 Å². The third-order valence-corrected chi connectivity index (χ3v) is 5.10. The fraction of sp³-hybridized carbons (Fsp3) is 0.154. The highest BCUT2D eigenvalue weighted by atomic mass is 35.5. The fourth-order valence-corrected chi connectivity index (χ4v) is 3.77. The van der Waals surface area contributed by atoms with Gasteiger partial charge in [0.1, 0.15) is 10.5 Å². The molecule has 2 N–H and O–H groups in total. The maximum atomic E-state index is 13.8. The van der Waals surface area contributed by atoms with Crippen LogP contribution in [-0.2, 0) is 0 Å². The predicted octanol–water partition coefficient (Wildman–Crippen LogP) is 4.31. The normalized spacial score (nSPS) is 12.7. The molecule has 3 aromatic rings. The molecule has 0 aliphatic rings. The second kappa shape index (κ2) is 5.75. The lowest BCUT2D eigenvalue weighted by Gasteiger charge is -2.11. The average molecular weight is 341 g/mol. The number of aromatic nitrogens is 3. The summed E-state index contributed by atoms with van der Waals surface area (Å²) in [7, 11) is 0. The van der Waals surface area contributed by atoms with Crippen LogP contribution in [0.4, 0.5) is 9.52 Å². The number of hydrogen-bond acceptors (Lipinski definition) is 6. The minimum absolute atomic E-state index is 0.143. The van der Waals surface area contributed by atoms with Gasteiger partial charge < -0.3 is 5.73 Å². The Morgan fingerprint density at radius 2 is 2.05 bits per heavy atom. The Morgan fingerprint density at radius 3 is 2.81 bits per heavy atom. The summed E-state index contributed by atoms with van der Waals surface area (Å²) in [5.41, 5.74) is 6.72. The Labute approximate surface area is 133 Å². The molecule has 0 saturated heterocycles. The second-order valence-electron chi connectivity index (χ2n) is 4.28. The van der Waals surface area contributed by atoms with Gasteiger partial charge in [-0.1, -0.05) is 52.9 Å². The van der Waals surface area contributed by atoms with Gasteiger partial charge in [0, 0.05) is 10.8 Å². The first kappa shape index (κ1) is 14.5. The second-order valence-corrected chi connectivity index (χ2v) is 6.98. The van der Waals surface area contributed by atoms with Gasteiger partial charge in [-0.15, -0.1) is 0 Å². The van der Waals surface area contributed by atoms with E-state index >= 15 is 0 Å². The van der Waals surface area contributed by atoms with E-state index < -0.39 is 0 Å². The highest BCUT2D eigenvalue weighted by Gasteiger charge is 2.16. The molecule has 0 bridgehead atoms. The van der Waals surface area contributed by atoms with Gasteiger partial charge in [0.05, 0.1) is 0 Å². The van der Waals surface area contributed by atoms with Crippen molar-refractivity contribution in [3.05, 3.63) is 40.8 Å². The molecule has 0 amide bonds. The van der Waals surface area contributed by atoms with Crippen molar-refractivity contribution in [2.45, 2.75) is 17.3 Å². The number of nitrogen functional groups attached to an aromatic ring is 1. The van der Waals surface area contributed by atoms with Crippen molar-refractivity contribution in [1.82, 2.24) is 15.0 Å². The molecule has 21 heavy (non-hydrogen) atoms. The summed E-state index contributed by atoms with van der Waals surface area (Å²) >= 11 is 8.68. The maximum Gasteiger partial charge on any atom is 0.191 e. The molecule has 3 rings (SSSR count). The van der Waals surface area contributed by atoms with E-state index in [1.807, 2.05) is 6.92 Å². The Morgan fingerprint density at radius 1 is 1.29 bits per heavy atom. The van der Waals surface area contributed by atoms with Gasteiger partial charge >= 0.3 is 0 Å². The van der Waals surface area contributed by atoms with Crippen LogP contribution < -0.4 is 5.73 Å². The number of hydrogen-bond donors (Lipinski definition) is 1. The van der Waals surface area contributed by atoms with Crippen LogP contribution in [-0.4, -0.2) is 15.0 Å². The number of nitrogens with zero attached hydrogens (tertiary/aromatic N) is 3. The van der Waals surface area contributed by atoms with Crippen LogP contribution in [0.15, 0.2) is 29.4 Å². The third-order valence-electron chi connectivity index (χ3n) is 2.83. The van der Waals surface area contributed by atoms with Crippen molar-refractivity contribution in [3.63, 3.8) is 0 Å². The summed E-state index contributed by atoms with van der Waals surface area (Å²) in [6.07, 6.45) is 0. The zero-order valence-corrected chi connectivity index (χ0v) is 13.3. The lowest BCUT2D eigenvalue weighted by Crippen LogP contribution is -1.96. The first-order valence-electron chi connectivity index (χ1n) is 6.05. The standard InChI is InChI=1S/C13H10ClFN4S2/c1-6(7-4-2-3-5-8(7)15)20-13-17-10(14)9-11(19-13)18-12(16)21-9/h2-6H,1H3,(H2,16,17,18,19)/t6-/m0/s1. The van der Waals surface area contributed by atoms with Gasteiger partial charge in [-0.05, 0) is 13.0 Å². The fourth-order valence-electron chi connectivity index (χ4n) is 1.87. The molecule has 0 aliphatic carbocycles. The van der Waals surface area contributed by atoms with Gasteiger partial charge in [-0.3, -0.25) is 0 Å². The van der Waals surface area contributed by atoms with E-state index in [1.54, 1.807) is 18.2 Å². The SMILES string of the molecule is C[C@H](Sc1nc(Cl)c2sc(N)nc2n1)c1ccccc1F. The van der Waals surface area contributed by atoms with Gasteiger partial charge in [0.25, 0.3) is 0 Å². The van der Waals surface area contributed by atoms with Crippen LogP contribution in [0.2, 0.25) is 5.15 Å². The van der Waals surface area contributed by atoms with E-state index in [9.17, 15) is 4.39 Å². The first-order chi connectivity index (χ1) is 10.0. The first-order valence-corrected chi connectivity index (χ1v) is 8.12. The van der Waals surface area contributed by atoms with E-state index in [1.165, 1.54) is 29.2 Å². The molecule has 4 nitrogen and oxygen atoms in total. The van der Waals surface area contributed by atoms with Gasteiger partial charge in [-0.25, -0.2) is 19.3 Å². The maximum absolute atomic E-state index is 13.8. The molecule has 0 radical (unpaired) electrons. The van der Waals surface area contributed by atoms with Gasteiger partial charge in [0.15, 0.2) is 21.1 Å². The Balaban J connectivity index is 1.93. The molecular formula is C13H10ClFN4S2. The summed E-state index contributed by atoms with van der Waals surface area (Å²) in [6, 6.07) is 6.64. The van der Waals surface area contributed by atoms with Crippen molar-refractivity contribution < 1.29 is 4.39 Å². The minimum atomic E-state index is -0.248. The summed E-state index contributed by atoms with van der Waals surface area (Å²) in [5, 5.41) is 1.02. The lowest BCUT2D eigenvalue weighted by molar-refractivity contribution is 0.611. The van der Waals surface area contributed by atoms with Crippen molar-refractivity contribution >= 4 is 50.2 Å². The van der Waals surface area contributed by atoms with E-state index in [-0.39, 0.29) is 11.1 Å². The number of halogens is 2. The molecule has 2 aromatic heterocycles. The number of thiazole rings is 1. The largest absolute Gasteiger partial charge is 0.375 e. The zero-order valence-electron chi connectivity index (χ0n) is 10.9. The van der Waals surface area contributed by atoms with Crippen LogP contribution in [0, 0.1) is 5.82 Å². The molecule has 2 heterocycles. The van der Waals surface area contributed by atoms with Crippen molar-refractivity contribution in [2.24, 2.45) is 0 Å². The number of anilines is 1. The monoisotopic (exact) mass is 340 g/mol. The summed E-state index contributed by atoms with van der Waals surface area (Å²) in [6.45, 7) is 1.89. The van der Waals surface area contributed by atoms with E-state index in [4.69, 9.17) is 17.3 Å². The molecule has 1 atom stereocenters. The van der Waals surface area contributed by atoms with Gasteiger partial charge in [0.2, 0.25) is 0 Å². The Kier molecular flexibility index (Phi) is 3.97. The molecular weight excluding hydrogens is 331 g/mol. The minimum Gasteiger partial charge on any atom is -0.375 e. The average Bonchev–Trinajstić information content (AvgIpc) is 2.80. The summed E-state index contributed by atoms with van der Waals surface area (Å²) < 4.78 is 14.4. The molecule has 0 saturated carbocycles. The van der Waals surface area contributed by atoms with Crippen molar-refractivity contribution in [1.29, 1.82) is 0 Å². The third kappa shape index (κ3) is 2.95. The number of fused-ring (bicyclic) bond motifs is 1. The van der Waals surface area contributed by atoms with E-state index in [0.717, 1.165) is 0 Å². The van der Waals surface area contributed by atoms with Crippen molar-refractivity contribution in [3.8, 4) is 0 Å². The zero-order chi connectivity index (χ0) is 15.0. The molecule has 0 unspecified atom stereocenters. The molecule has 1 aromatic carbocycles. The van der Waals surface area contributed by atoms with Crippen LogP contribution in [0.1, 0.15) is 17.7 Å². The Hall–Kier alpha value is -1.44. The number of benzene rings is 1. The van der Waals surface area contributed by atoms with Crippen LogP contribution >= 0.6 is 34.7 Å². The molecule has 108 valence electrons. The molecule has 0 aliphatic heterocycles. The molecule has 8 heteroatoms. The summed E-state index contributed by atoms with van der Waals surface area (Å²) in [5.74, 6) is -0.248. The quantitative estimate of drug-likeness (QED) is 0.437. The summed E-state index contributed by atoms with van der Waals surface area (Å²) in [4.78, 5) is 12.6. The number of nitrogens with two attached hydrogens (primary N) is 1. The molecule has 0 fully saturated rings. The van der Waals surface area contributed by atoms with Crippen LogP contribution in [0.3, 0.4) is 0 Å². The number of rotatable bonds is 3. The predicted molar refractivity (Wildman–Crippen MR) is 85.3 cm³/mol. The highest BCUT2D eigenvalue weighted by molar-refractivity contribution is 7.99. The van der Waals surface area contributed by atoms with Crippen LogP contribution in [0.25, 0.3) is 10.3 Å². The smallest absolute Gasteiger partial charge is 0.191 e. The number of thioether (sulfide) groups is 1. The molecule has 0 spiro atoms. The Bertz CT molecular complexity index is 808. The lowest BCUT2D eigenvalue weighted by atomic mass is 10.1. The topological polar surface area (TPSA) is 64.7 Å². The highest BCUT2D eigenvalue weighted by Crippen LogP contribution is 2.36. The van der Waals surface area contributed by atoms with Crippen molar-refractivity contribution in [2.75, 3.05) is 5.73 Å². The van der Waals surface area contributed by atoms with Gasteiger partial charge in [-0.2, -0.15) is 0 Å². The van der Waals surface area contributed by atoms with Crippen LogP contribution in [0.5, 0.6) is 0 Å². The van der Waals surface area contributed by atoms with E-state index in [2.05, 4.69) is 15.0 Å².